The van der Waals surface area contributed by atoms with Gasteiger partial charge >= 0.3 is 0 Å². The predicted octanol–water partition coefficient (Wildman–Crippen LogP) is 2.06. The van der Waals surface area contributed by atoms with Gasteiger partial charge in [-0.1, -0.05) is 12.2 Å². The molecule has 0 radical (unpaired) electrons. The second-order valence-electron chi connectivity index (χ2n) is 2.74. The lowest BCUT2D eigenvalue weighted by molar-refractivity contribution is 0.306. The molecule has 0 rings (SSSR count). The van der Waals surface area contributed by atoms with Crippen LogP contribution in [-0.2, 0) is 0 Å². The molecule has 0 spiro atoms. The number of hydrogen-bond donors (Lipinski definition) is 0. The van der Waals surface area contributed by atoms with E-state index < -0.39 is 0 Å². The quantitative estimate of drug-likeness (QED) is 0.559. The van der Waals surface area contributed by atoms with Gasteiger partial charge in [-0.2, -0.15) is 0 Å². The van der Waals surface area contributed by atoms with Gasteiger partial charge in [0.05, 0.1) is 5.49 Å². The summed E-state index contributed by atoms with van der Waals surface area (Å²) in [5.74, 6) is 0. The lowest BCUT2D eigenvalue weighted by Gasteiger charge is -2.27. The lowest BCUT2D eigenvalue weighted by atomic mass is 10.2. The summed E-state index contributed by atoms with van der Waals surface area (Å²) in [7, 11) is 0. The first-order valence-corrected chi connectivity index (χ1v) is 3.79. The second kappa shape index (κ2) is 3.83. The first kappa shape index (κ1) is 8.89. The smallest absolute Gasteiger partial charge is 0.0645 e. The van der Waals surface area contributed by atoms with Gasteiger partial charge in [-0.3, -0.25) is 0 Å². The number of nitrogens with zero attached hydrogens (tertiary/aromatic N) is 1. The molecule has 0 aromatic heterocycles. The van der Waals surface area contributed by atoms with Crippen molar-refractivity contribution in [1.29, 1.82) is 0 Å². The molecule has 1 nitrogen and oxygen atoms in total. The van der Waals surface area contributed by atoms with Gasteiger partial charge in [-0.15, -0.1) is 0 Å². The molecule has 0 unspecified atom stereocenters. The average molecular weight is 145 g/mol. The summed E-state index contributed by atoms with van der Waals surface area (Å²) in [6.07, 6.45) is 0. The van der Waals surface area contributed by atoms with E-state index >= 15 is 0 Å². The van der Waals surface area contributed by atoms with E-state index in [9.17, 15) is 0 Å². The van der Waals surface area contributed by atoms with Crippen molar-refractivity contribution in [2.75, 3.05) is 0 Å². The van der Waals surface area contributed by atoms with E-state index in [1.165, 1.54) is 0 Å². The Morgan fingerprint density at radius 2 is 1.44 bits per heavy atom. The standard InChI is InChI=1S/C7H15NS/c1-6(2)8(5-9)7(3)4/h5-7H,1-4H3. The third kappa shape index (κ3) is 2.80. The largest absolute Gasteiger partial charge is 0.364 e. The highest BCUT2D eigenvalue weighted by Crippen LogP contribution is 2.00. The van der Waals surface area contributed by atoms with Gasteiger partial charge in [-0.25, -0.2) is 0 Å². The van der Waals surface area contributed by atoms with Gasteiger partial charge < -0.3 is 4.90 Å². The summed E-state index contributed by atoms with van der Waals surface area (Å²) in [4.78, 5) is 2.15. The van der Waals surface area contributed by atoms with Crippen molar-refractivity contribution in [2.45, 2.75) is 39.8 Å². The van der Waals surface area contributed by atoms with Crippen molar-refractivity contribution in [3.8, 4) is 0 Å². The minimum atomic E-state index is 0.530. The summed E-state index contributed by atoms with van der Waals surface area (Å²) < 4.78 is 0. The zero-order valence-electron chi connectivity index (χ0n) is 6.59. The molecule has 54 valence electrons. The molecule has 0 aromatic rings. The average Bonchev–Trinajstić information content (AvgIpc) is 1.64. The molecule has 0 bridgehead atoms. The summed E-state index contributed by atoms with van der Waals surface area (Å²) in [6.45, 7) is 8.57. The van der Waals surface area contributed by atoms with Crippen LogP contribution in [0.3, 0.4) is 0 Å². The van der Waals surface area contributed by atoms with E-state index in [4.69, 9.17) is 12.2 Å². The fourth-order valence-corrected chi connectivity index (χ4v) is 1.33. The molecule has 0 saturated heterocycles. The Balaban J connectivity index is 3.82. The highest BCUT2D eigenvalue weighted by molar-refractivity contribution is 7.78. The topological polar surface area (TPSA) is 3.24 Å². The summed E-state index contributed by atoms with van der Waals surface area (Å²) in [5.41, 5.74) is 1.73. The maximum absolute atomic E-state index is 4.83. The van der Waals surface area contributed by atoms with Crippen LogP contribution < -0.4 is 0 Å². The molecular weight excluding hydrogens is 130 g/mol. The fraction of sp³-hybridized carbons (Fsp3) is 0.857. The third-order valence-corrected chi connectivity index (χ3v) is 1.56. The van der Waals surface area contributed by atoms with E-state index in [0.29, 0.717) is 12.1 Å². The number of rotatable bonds is 3. The van der Waals surface area contributed by atoms with Gasteiger partial charge in [-0.05, 0) is 27.7 Å². The van der Waals surface area contributed by atoms with E-state index in [-0.39, 0.29) is 0 Å². The Bertz CT molecular complexity index is 80.9. The molecule has 0 aliphatic rings. The van der Waals surface area contributed by atoms with Crippen molar-refractivity contribution in [1.82, 2.24) is 4.90 Å². The molecule has 9 heavy (non-hydrogen) atoms. The van der Waals surface area contributed by atoms with E-state index in [1.54, 1.807) is 5.49 Å². The third-order valence-electron chi connectivity index (χ3n) is 1.31. The first-order valence-electron chi connectivity index (χ1n) is 3.32. The maximum atomic E-state index is 4.83. The molecule has 0 saturated carbocycles. The Morgan fingerprint density at radius 3 is 1.44 bits per heavy atom. The molecule has 0 fully saturated rings. The highest BCUT2D eigenvalue weighted by Gasteiger charge is 2.06. The zero-order chi connectivity index (χ0) is 7.44. The van der Waals surface area contributed by atoms with Crippen LogP contribution >= 0.6 is 12.2 Å². The van der Waals surface area contributed by atoms with Gasteiger partial charge in [0.25, 0.3) is 0 Å². The maximum Gasteiger partial charge on any atom is 0.0645 e. The fourth-order valence-electron chi connectivity index (χ4n) is 0.840. The molecule has 0 heterocycles. The lowest BCUT2D eigenvalue weighted by Crippen LogP contribution is -2.34. The monoisotopic (exact) mass is 145 g/mol. The number of hydrogen-bond acceptors (Lipinski definition) is 1. The van der Waals surface area contributed by atoms with Crippen LogP contribution in [0.15, 0.2) is 0 Å². The molecule has 0 amide bonds. The summed E-state index contributed by atoms with van der Waals surface area (Å²) in [6, 6.07) is 1.06. The van der Waals surface area contributed by atoms with Gasteiger partial charge in [0.15, 0.2) is 0 Å². The second-order valence-corrected chi connectivity index (χ2v) is 2.95. The van der Waals surface area contributed by atoms with Crippen LogP contribution in [0.25, 0.3) is 0 Å². The molecule has 0 atom stereocenters. The summed E-state index contributed by atoms with van der Waals surface area (Å²) in [5, 5.41) is 0. The number of thiocarbonyl (C=S) groups is 1. The molecular formula is C7H15NS. The van der Waals surface area contributed by atoms with E-state index in [2.05, 4.69) is 32.6 Å². The minimum Gasteiger partial charge on any atom is -0.364 e. The Hall–Kier alpha value is -0.110. The van der Waals surface area contributed by atoms with Crippen LogP contribution in [0.5, 0.6) is 0 Å². The zero-order valence-corrected chi connectivity index (χ0v) is 7.40. The van der Waals surface area contributed by atoms with Crippen LogP contribution in [0, 0.1) is 0 Å². The Morgan fingerprint density at radius 1 is 1.11 bits per heavy atom. The normalized spacial score (nSPS) is 10.4. The Kier molecular flexibility index (Phi) is 3.78. The predicted molar refractivity (Wildman–Crippen MR) is 45.8 cm³/mol. The minimum absolute atomic E-state index is 0.530. The molecule has 0 N–H and O–H groups in total. The summed E-state index contributed by atoms with van der Waals surface area (Å²) >= 11 is 4.83. The van der Waals surface area contributed by atoms with E-state index in [0.717, 1.165) is 0 Å². The van der Waals surface area contributed by atoms with Crippen molar-refractivity contribution < 1.29 is 0 Å². The molecule has 0 aliphatic heterocycles. The van der Waals surface area contributed by atoms with Crippen molar-refractivity contribution in [3.05, 3.63) is 0 Å². The molecule has 0 aromatic carbocycles. The van der Waals surface area contributed by atoms with E-state index in [1.807, 2.05) is 0 Å². The van der Waals surface area contributed by atoms with Crippen LogP contribution in [0.4, 0.5) is 0 Å². The van der Waals surface area contributed by atoms with Crippen molar-refractivity contribution in [3.63, 3.8) is 0 Å². The van der Waals surface area contributed by atoms with Gasteiger partial charge in [0.2, 0.25) is 0 Å². The SMILES string of the molecule is CC(C)N(C=S)C(C)C. The van der Waals surface area contributed by atoms with Crippen molar-refractivity contribution >= 4 is 17.7 Å². The molecule has 0 aliphatic carbocycles. The van der Waals surface area contributed by atoms with Gasteiger partial charge in [0, 0.05) is 12.1 Å². The van der Waals surface area contributed by atoms with Crippen LogP contribution in [-0.4, -0.2) is 22.5 Å². The highest BCUT2D eigenvalue weighted by atomic mass is 32.1. The van der Waals surface area contributed by atoms with Crippen molar-refractivity contribution in [2.24, 2.45) is 0 Å². The van der Waals surface area contributed by atoms with Crippen LogP contribution in [0.1, 0.15) is 27.7 Å². The van der Waals surface area contributed by atoms with Gasteiger partial charge in [0.1, 0.15) is 0 Å². The Labute approximate surface area is 63.0 Å². The first-order chi connectivity index (χ1) is 4.09. The molecule has 2 heteroatoms. The van der Waals surface area contributed by atoms with Crippen LogP contribution in [0.2, 0.25) is 0 Å².